The third-order valence-electron chi connectivity index (χ3n) is 5.47. The standard InChI is InChI=1S/C21H24N6O4S2/c1-5-9(2)15-21-26-13(8-33-21)17(29)22-10(3)19-24-12(6-31-19)16(28)23-11(4)20-25-14(7-32-20)18(30)27-15/h6-11,15H,5H2,1-4H3,(H,22,29)(H,23,28)(H,27,30)/t9-,10+,11-,15+/m1/s1. The van der Waals surface area contributed by atoms with Gasteiger partial charge in [0.05, 0.1) is 12.1 Å². The number of hydrogen-bond donors (Lipinski definition) is 3. The minimum Gasteiger partial charge on any atom is -0.446 e. The number of carbonyl (C=O) groups excluding carboxylic acids is 3. The molecule has 3 aromatic rings. The van der Waals surface area contributed by atoms with Crippen LogP contribution >= 0.6 is 22.7 Å². The summed E-state index contributed by atoms with van der Waals surface area (Å²) in [6, 6.07) is -1.39. The van der Waals surface area contributed by atoms with Gasteiger partial charge in [0, 0.05) is 10.8 Å². The van der Waals surface area contributed by atoms with E-state index in [1.165, 1.54) is 28.9 Å². The summed E-state index contributed by atoms with van der Waals surface area (Å²) in [6.07, 6.45) is 2.05. The van der Waals surface area contributed by atoms with Gasteiger partial charge in [-0.25, -0.2) is 15.0 Å². The molecule has 4 heterocycles. The first-order valence-electron chi connectivity index (χ1n) is 10.6. The van der Waals surface area contributed by atoms with Gasteiger partial charge >= 0.3 is 0 Å². The lowest BCUT2D eigenvalue weighted by atomic mass is 9.99. The highest BCUT2D eigenvalue weighted by Crippen LogP contribution is 2.28. The van der Waals surface area contributed by atoms with Crippen LogP contribution in [0.1, 0.15) is 99.6 Å². The maximum atomic E-state index is 13.0. The number of carbonyl (C=O) groups is 3. The second-order valence-electron chi connectivity index (χ2n) is 7.94. The molecule has 0 aromatic carbocycles. The summed E-state index contributed by atoms with van der Waals surface area (Å²) < 4.78 is 5.42. The largest absolute Gasteiger partial charge is 0.446 e. The van der Waals surface area contributed by atoms with Crippen LogP contribution in [0.25, 0.3) is 0 Å². The molecule has 3 aromatic heterocycles. The molecule has 0 radical (unpaired) electrons. The molecule has 0 saturated carbocycles. The second-order valence-corrected chi connectivity index (χ2v) is 9.72. The molecule has 0 aliphatic carbocycles. The Bertz CT molecular complexity index is 1190. The van der Waals surface area contributed by atoms with Gasteiger partial charge in [0.2, 0.25) is 5.89 Å². The Hall–Kier alpha value is -3.12. The third kappa shape index (κ3) is 4.81. The van der Waals surface area contributed by atoms with Gasteiger partial charge in [-0.15, -0.1) is 22.7 Å². The highest BCUT2D eigenvalue weighted by molar-refractivity contribution is 7.10. The van der Waals surface area contributed by atoms with Crippen LogP contribution in [0.3, 0.4) is 0 Å². The van der Waals surface area contributed by atoms with E-state index in [0.29, 0.717) is 10.0 Å². The quantitative estimate of drug-likeness (QED) is 0.502. The number of rotatable bonds is 2. The van der Waals surface area contributed by atoms with Crippen LogP contribution in [-0.2, 0) is 0 Å². The zero-order valence-corrected chi connectivity index (χ0v) is 20.2. The highest BCUT2D eigenvalue weighted by atomic mass is 32.1. The lowest BCUT2D eigenvalue weighted by Crippen LogP contribution is -2.33. The van der Waals surface area contributed by atoms with Crippen molar-refractivity contribution < 1.29 is 18.8 Å². The van der Waals surface area contributed by atoms with Crippen LogP contribution in [0.2, 0.25) is 0 Å². The van der Waals surface area contributed by atoms with Crippen molar-refractivity contribution in [1.29, 1.82) is 0 Å². The van der Waals surface area contributed by atoms with Gasteiger partial charge < -0.3 is 20.4 Å². The van der Waals surface area contributed by atoms with Gasteiger partial charge in [0.1, 0.15) is 33.7 Å². The van der Waals surface area contributed by atoms with Crippen molar-refractivity contribution in [2.45, 2.75) is 52.2 Å². The number of amides is 3. The lowest BCUT2D eigenvalue weighted by molar-refractivity contribution is 0.0917. The number of oxazole rings is 1. The molecule has 0 unspecified atom stereocenters. The summed E-state index contributed by atoms with van der Waals surface area (Å²) in [4.78, 5) is 51.4. The number of aromatic nitrogens is 3. The van der Waals surface area contributed by atoms with Crippen LogP contribution in [-0.4, -0.2) is 32.7 Å². The molecule has 6 bridgehead atoms. The van der Waals surface area contributed by atoms with Crippen LogP contribution in [0.5, 0.6) is 0 Å². The molecule has 3 N–H and O–H groups in total. The molecule has 12 heteroatoms. The number of fused-ring (bicyclic) bond motifs is 6. The van der Waals surface area contributed by atoms with E-state index >= 15 is 0 Å². The maximum absolute atomic E-state index is 13.0. The van der Waals surface area contributed by atoms with Gasteiger partial charge in [-0.3, -0.25) is 14.4 Å². The molecule has 3 amide bonds. The highest BCUT2D eigenvalue weighted by Gasteiger charge is 2.28. The van der Waals surface area contributed by atoms with Crippen molar-refractivity contribution in [1.82, 2.24) is 30.9 Å². The molecule has 1 aliphatic rings. The third-order valence-corrected chi connectivity index (χ3v) is 7.42. The topological polar surface area (TPSA) is 139 Å². The second kappa shape index (κ2) is 9.40. The van der Waals surface area contributed by atoms with E-state index in [-0.39, 0.29) is 40.8 Å². The predicted molar refractivity (Wildman–Crippen MR) is 122 cm³/mol. The zero-order chi connectivity index (χ0) is 23.7. The monoisotopic (exact) mass is 488 g/mol. The van der Waals surface area contributed by atoms with Crippen molar-refractivity contribution in [3.8, 4) is 0 Å². The molecule has 0 spiro atoms. The summed E-state index contributed by atoms with van der Waals surface area (Å²) in [5.41, 5.74) is 0.582. The number of hydrogen-bond acceptors (Lipinski definition) is 9. The molecular formula is C21H24N6O4S2. The van der Waals surface area contributed by atoms with E-state index in [9.17, 15) is 14.4 Å². The van der Waals surface area contributed by atoms with E-state index in [1.54, 1.807) is 24.6 Å². The van der Waals surface area contributed by atoms with Crippen LogP contribution in [0.15, 0.2) is 21.4 Å². The average molecular weight is 489 g/mol. The Morgan fingerprint density at radius 2 is 1.45 bits per heavy atom. The van der Waals surface area contributed by atoms with E-state index in [0.717, 1.165) is 6.42 Å². The molecule has 4 atom stereocenters. The lowest BCUT2D eigenvalue weighted by Gasteiger charge is -2.22. The van der Waals surface area contributed by atoms with E-state index in [1.807, 2.05) is 13.8 Å². The van der Waals surface area contributed by atoms with Crippen molar-refractivity contribution in [2.75, 3.05) is 0 Å². The summed E-state index contributed by atoms with van der Waals surface area (Å²) in [6.45, 7) is 7.53. The van der Waals surface area contributed by atoms with Crippen LogP contribution in [0, 0.1) is 5.92 Å². The molecule has 10 nitrogen and oxygen atoms in total. The molecule has 0 fully saturated rings. The Kier molecular flexibility index (Phi) is 6.56. The Morgan fingerprint density at radius 3 is 2.15 bits per heavy atom. The first kappa shape index (κ1) is 23.1. The number of nitrogens with one attached hydrogen (secondary N) is 3. The zero-order valence-electron chi connectivity index (χ0n) is 18.5. The predicted octanol–water partition coefficient (Wildman–Crippen LogP) is 3.40. The Labute approximate surface area is 198 Å². The fraction of sp³-hybridized carbons (Fsp3) is 0.429. The van der Waals surface area contributed by atoms with Crippen molar-refractivity contribution in [3.63, 3.8) is 0 Å². The van der Waals surface area contributed by atoms with Gasteiger partial charge in [-0.05, 0) is 19.8 Å². The summed E-state index contributed by atoms with van der Waals surface area (Å²) >= 11 is 2.60. The number of thiazole rings is 2. The molecule has 174 valence electrons. The fourth-order valence-electron chi connectivity index (χ4n) is 3.28. The van der Waals surface area contributed by atoms with Crippen LogP contribution in [0.4, 0.5) is 0 Å². The van der Waals surface area contributed by atoms with E-state index in [2.05, 4.69) is 30.9 Å². The van der Waals surface area contributed by atoms with E-state index in [4.69, 9.17) is 4.42 Å². The molecule has 1 aliphatic heterocycles. The molecule has 33 heavy (non-hydrogen) atoms. The van der Waals surface area contributed by atoms with Gasteiger partial charge in [0.15, 0.2) is 5.69 Å². The van der Waals surface area contributed by atoms with E-state index < -0.39 is 23.9 Å². The minimum atomic E-state index is -0.577. The van der Waals surface area contributed by atoms with Crippen molar-refractivity contribution in [2.24, 2.45) is 5.92 Å². The number of nitrogens with zero attached hydrogens (tertiary/aromatic N) is 3. The van der Waals surface area contributed by atoms with Gasteiger partial charge in [0.25, 0.3) is 17.7 Å². The summed E-state index contributed by atoms with van der Waals surface area (Å²) in [5, 5.41) is 13.2. The fourth-order valence-corrected chi connectivity index (χ4v) is 5.07. The minimum absolute atomic E-state index is 0.0842. The Balaban J connectivity index is 1.72. The summed E-state index contributed by atoms with van der Waals surface area (Å²) in [7, 11) is 0. The first-order valence-corrected chi connectivity index (χ1v) is 12.3. The SMILES string of the molecule is CC[C@@H](C)[C@@H]1NC(=O)c2csc(n2)[C@@H](C)NC(=O)c2coc(n2)[C@H](C)NC(=O)c2csc1n2. The normalized spacial score (nSPS) is 22.5. The molecule has 0 saturated heterocycles. The maximum Gasteiger partial charge on any atom is 0.273 e. The van der Waals surface area contributed by atoms with Gasteiger partial charge in [-0.2, -0.15) is 0 Å². The van der Waals surface area contributed by atoms with Gasteiger partial charge in [-0.1, -0.05) is 20.3 Å². The average Bonchev–Trinajstić information content (AvgIpc) is 3.55. The molecular weight excluding hydrogens is 464 g/mol. The smallest absolute Gasteiger partial charge is 0.273 e. The Morgan fingerprint density at radius 1 is 0.879 bits per heavy atom. The van der Waals surface area contributed by atoms with Crippen molar-refractivity contribution >= 4 is 40.4 Å². The van der Waals surface area contributed by atoms with Crippen LogP contribution < -0.4 is 16.0 Å². The summed E-state index contributed by atoms with van der Waals surface area (Å²) in [5.74, 6) is -0.887. The van der Waals surface area contributed by atoms with Crippen molar-refractivity contribution in [3.05, 3.63) is 50.0 Å². The molecule has 4 rings (SSSR count). The first-order chi connectivity index (χ1) is 15.8.